The van der Waals surface area contributed by atoms with Crippen molar-refractivity contribution in [3.63, 3.8) is 0 Å². The van der Waals surface area contributed by atoms with Crippen LogP contribution in [-0.4, -0.2) is 15.0 Å². The minimum absolute atomic E-state index is 0.00252. The van der Waals surface area contributed by atoms with Crippen LogP contribution in [0.2, 0.25) is 0 Å². The summed E-state index contributed by atoms with van der Waals surface area (Å²) in [6.45, 7) is 13.0. The van der Waals surface area contributed by atoms with Crippen LogP contribution >= 0.6 is 0 Å². The van der Waals surface area contributed by atoms with E-state index >= 15 is 0 Å². The number of rotatable bonds is 0. The van der Waals surface area contributed by atoms with Gasteiger partial charge in [0.15, 0.2) is 0 Å². The lowest BCUT2D eigenvalue weighted by atomic mass is 9.88. The Morgan fingerprint density at radius 3 is 2.11 bits per heavy atom. The maximum atomic E-state index is 4.80. The first-order chi connectivity index (χ1) is 8.19. The quantitative estimate of drug-likeness (QED) is 0.709. The smallest absolute Gasteiger partial charge is 0.134 e. The second-order valence-corrected chi connectivity index (χ2v) is 6.79. The minimum atomic E-state index is -0.0516. The van der Waals surface area contributed by atoms with E-state index in [0.717, 1.165) is 22.4 Å². The Balaban J connectivity index is 2.81. The van der Waals surface area contributed by atoms with Gasteiger partial charge in [-0.15, -0.1) is 0 Å². The summed E-state index contributed by atoms with van der Waals surface area (Å²) in [7, 11) is 0. The molecule has 0 amide bonds. The van der Waals surface area contributed by atoms with Crippen molar-refractivity contribution in [2.45, 2.75) is 52.4 Å². The molecule has 0 aliphatic rings. The van der Waals surface area contributed by atoms with Gasteiger partial charge < -0.3 is 0 Å². The first-order valence-corrected chi connectivity index (χ1v) is 6.32. The van der Waals surface area contributed by atoms with Gasteiger partial charge in [-0.25, -0.2) is 9.97 Å². The molecule has 0 atom stereocenters. The lowest BCUT2D eigenvalue weighted by Crippen LogP contribution is -2.22. The molecule has 2 rings (SSSR count). The highest BCUT2D eigenvalue weighted by molar-refractivity contribution is 5.80. The molecule has 0 aliphatic heterocycles. The number of nitrogens with zero attached hydrogens (tertiary/aromatic N) is 3. The molecule has 3 heteroatoms. The second kappa shape index (κ2) is 4.01. The fourth-order valence-electron chi connectivity index (χ4n) is 1.89. The van der Waals surface area contributed by atoms with Crippen molar-refractivity contribution in [3.05, 3.63) is 30.0 Å². The third-order valence-corrected chi connectivity index (χ3v) is 2.88. The first-order valence-electron chi connectivity index (χ1n) is 6.32. The predicted molar refractivity (Wildman–Crippen MR) is 74.7 cm³/mol. The summed E-state index contributed by atoms with van der Waals surface area (Å²) in [5.74, 6) is 0.882. The predicted octanol–water partition coefficient (Wildman–Crippen LogP) is 3.62. The molecule has 18 heavy (non-hydrogen) atoms. The molecule has 2 aromatic heterocycles. The fourth-order valence-corrected chi connectivity index (χ4v) is 1.89. The molecule has 0 radical (unpaired) electrons. The number of fused-ring (bicyclic) bond motifs is 1. The highest BCUT2D eigenvalue weighted by Gasteiger charge is 2.24. The van der Waals surface area contributed by atoms with Crippen LogP contribution in [0, 0.1) is 0 Å². The molecule has 2 aromatic rings. The summed E-state index contributed by atoms with van der Waals surface area (Å²) in [5, 5.41) is 1.10. The summed E-state index contributed by atoms with van der Waals surface area (Å²) in [4.78, 5) is 13.6. The molecular formula is C15H21N3. The van der Waals surface area contributed by atoms with Crippen LogP contribution in [0.5, 0.6) is 0 Å². The van der Waals surface area contributed by atoms with E-state index in [2.05, 4.69) is 51.5 Å². The van der Waals surface area contributed by atoms with Crippen LogP contribution < -0.4 is 0 Å². The van der Waals surface area contributed by atoms with E-state index in [1.54, 1.807) is 6.20 Å². The van der Waals surface area contributed by atoms with Crippen molar-refractivity contribution in [1.82, 2.24) is 15.0 Å². The summed E-state index contributed by atoms with van der Waals surface area (Å²) in [6.07, 6.45) is 3.62. The standard InChI is InChI=1S/C15H21N3/c1-14(2,3)12-10-7-8-16-9-11(10)17-13(18-12)15(4,5)6/h7-9H,1-6H3. The molecule has 96 valence electrons. The topological polar surface area (TPSA) is 38.7 Å². The minimum Gasteiger partial charge on any atom is -0.262 e. The van der Waals surface area contributed by atoms with Crippen LogP contribution in [0.25, 0.3) is 10.9 Å². The van der Waals surface area contributed by atoms with Gasteiger partial charge in [0.05, 0.1) is 17.4 Å². The number of aromatic nitrogens is 3. The highest BCUT2D eigenvalue weighted by Crippen LogP contribution is 2.29. The SMILES string of the molecule is CC(C)(C)c1nc(C(C)(C)C)c2ccncc2n1. The zero-order valence-corrected chi connectivity index (χ0v) is 12.1. The summed E-state index contributed by atoms with van der Waals surface area (Å²) < 4.78 is 0. The maximum Gasteiger partial charge on any atom is 0.134 e. The molecular weight excluding hydrogens is 222 g/mol. The Kier molecular flexibility index (Phi) is 2.88. The zero-order valence-electron chi connectivity index (χ0n) is 12.1. The van der Waals surface area contributed by atoms with Gasteiger partial charge in [0.25, 0.3) is 0 Å². The van der Waals surface area contributed by atoms with Crippen molar-refractivity contribution in [3.8, 4) is 0 Å². The van der Waals surface area contributed by atoms with E-state index in [-0.39, 0.29) is 10.8 Å². The molecule has 0 saturated carbocycles. The molecule has 0 bridgehead atoms. The second-order valence-electron chi connectivity index (χ2n) is 6.79. The Morgan fingerprint density at radius 1 is 0.889 bits per heavy atom. The van der Waals surface area contributed by atoms with Gasteiger partial charge in [-0.05, 0) is 6.07 Å². The van der Waals surface area contributed by atoms with Gasteiger partial charge in [-0.2, -0.15) is 0 Å². The third-order valence-electron chi connectivity index (χ3n) is 2.88. The number of pyridine rings is 1. The Bertz CT molecular complexity index is 574. The summed E-state index contributed by atoms with van der Waals surface area (Å²) >= 11 is 0. The molecule has 0 unspecified atom stereocenters. The van der Waals surface area contributed by atoms with Crippen molar-refractivity contribution < 1.29 is 0 Å². The molecule has 0 saturated heterocycles. The molecule has 0 aromatic carbocycles. The van der Waals surface area contributed by atoms with Crippen molar-refractivity contribution in [2.75, 3.05) is 0 Å². The van der Waals surface area contributed by atoms with Crippen LogP contribution in [0.15, 0.2) is 18.5 Å². The van der Waals surface area contributed by atoms with E-state index in [1.807, 2.05) is 12.3 Å². The van der Waals surface area contributed by atoms with E-state index in [9.17, 15) is 0 Å². The molecule has 0 fully saturated rings. The number of hydrogen-bond acceptors (Lipinski definition) is 3. The lowest BCUT2D eigenvalue weighted by molar-refractivity contribution is 0.520. The Hall–Kier alpha value is -1.51. The van der Waals surface area contributed by atoms with E-state index in [4.69, 9.17) is 4.98 Å². The molecule has 0 N–H and O–H groups in total. The molecule has 0 spiro atoms. The van der Waals surface area contributed by atoms with Gasteiger partial charge in [0.1, 0.15) is 5.82 Å². The van der Waals surface area contributed by atoms with E-state index in [1.165, 1.54) is 0 Å². The summed E-state index contributed by atoms with van der Waals surface area (Å²) in [6, 6.07) is 2.00. The zero-order chi connectivity index (χ0) is 13.6. The van der Waals surface area contributed by atoms with Gasteiger partial charge in [-0.1, -0.05) is 41.5 Å². The average Bonchev–Trinajstić information content (AvgIpc) is 2.25. The van der Waals surface area contributed by atoms with Crippen molar-refractivity contribution in [1.29, 1.82) is 0 Å². The Morgan fingerprint density at radius 2 is 1.56 bits per heavy atom. The van der Waals surface area contributed by atoms with Crippen LogP contribution in [0.4, 0.5) is 0 Å². The summed E-state index contributed by atoms with van der Waals surface area (Å²) in [5.41, 5.74) is 1.98. The average molecular weight is 243 g/mol. The van der Waals surface area contributed by atoms with Crippen LogP contribution in [0.3, 0.4) is 0 Å². The van der Waals surface area contributed by atoms with Crippen molar-refractivity contribution in [2.24, 2.45) is 0 Å². The van der Waals surface area contributed by atoms with E-state index in [0.29, 0.717) is 0 Å². The molecule has 2 heterocycles. The van der Waals surface area contributed by atoms with Crippen molar-refractivity contribution >= 4 is 10.9 Å². The van der Waals surface area contributed by atoms with Gasteiger partial charge >= 0.3 is 0 Å². The van der Waals surface area contributed by atoms with Gasteiger partial charge in [-0.3, -0.25) is 4.98 Å². The van der Waals surface area contributed by atoms with Gasteiger partial charge in [0.2, 0.25) is 0 Å². The van der Waals surface area contributed by atoms with Crippen LogP contribution in [-0.2, 0) is 10.8 Å². The maximum absolute atomic E-state index is 4.80. The fraction of sp³-hybridized carbons (Fsp3) is 0.533. The highest BCUT2D eigenvalue weighted by atomic mass is 14.9. The third kappa shape index (κ3) is 2.35. The Labute approximate surface area is 109 Å². The normalized spacial score (nSPS) is 13.0. The van der Waals surface area contributed by atoms with Gasteiger partial charge in [0, 0.05) is 22.4 Å². The van der Waals surface area contributed by atoms with Crippen LogP contribution in [0.1, 0.15) is 53.1 Å². The van der Waals surface area contributed by atoms with E-state index < -0.39 is 0 Å². The lowest BCUT2D eigenvalue weighted by Gasteiger charge is -2.24. The first kappa shape index (κ1) is 12.9. The molecule has 0 aliphatic carbocycles. The monoisotopic (exact) mass is 243 g/mol. The molecule has 3 nitrogen and oxygen atoms in total. The largest absolute Gasteiger partial charge is 0.262 e. The number of hydrogen-bond donors (Lipinski definition) is 0.